The third-order valence-electron chi connectivity index (χ3n) is 5.99. The molecule has 0 saturated carbocycles. The van der Waals surface area contributed by atoms with Crippen LogP contribution in [0.5, 0.6) is 0 Å². The van der Waals surface area contributed by atoms with Gasteiger partial charge in [-0.1, -0.05) is 36.4 Å². The van der Waals surface area contributed by atoms with Gasteiger partial charge in [-0.3, -0.25) is 9.59 Å². The van der Waals surface area contributed by atoms with Crippen LogP contribution in [-0.2, 0) is 28.5 Å². The van der Waals surface area contributed by atoms with Crippen LogP contribution in [0.1, 0.15) is 20.7 Å². The Balaban J connectivity index is 1.38. The Labute approximate surface area is 182 Å². The number of hydrogen-bond donors (Lipinski definition) is 0. The summed E-state index contributed by atoms with van der Waals surface area (Å²) in [7, 11) is 0. The second-order valence-electron chi connectivity index (χ2n) is 7.79. The van der Waals surface area contributed by atoms with Crippen molar-refractivity contribution in [2.75, 3.05) is 13.2 Å². The first-order valence-electron chi connectivity index (χ1n) is 10.1. The number of cyclic esters (lactones) is 2. The minimum absolute atomic E-state index is 0.183. The molecule has 5 rings (SSSR count). The second kappa shape index (κ2) is 7.72. The molecule has 162 valence electrons. The third-order valence-corrected chi connectivity index (χ3v) is 5.99. The normalized spacial score (nSPS) is 27.5. The van der Waals surface area contributed by atoms with Crippen LogP contribution in [0.4, 0.5) is 0 Å². The van der Waals surface area contributed by atoms with Gasteiger partial charge in [0, 0.05) is 5.57 Å². The van der Waals surface area contributed by atoms with E-state index >= 15 is 0 Å². The maximum Gasteiger partial charge on any atom is 0.338 e. The van der Waals surface area contributed by atoms with E-state index in [0.717, 1.165) is 0 Å². The molecule has 0 spiro atoms. The van der Waals surface area contributed by atoms with Gasteiger partial charge < -0.3 is 18.9 Å². The predicted molar refractivity (Wildman–Crippen MR) is 107 cm³/mol. The van der Waals surface area contributed by atoms with Crippen LogP contribution < -0.4 is 0 Å². The van der Waals surface area contributed by atoms with E-state index < -0.39 is 47.4 Å². The van der Waals surface area contributed by atoms with Crippen molar-refractivity contribution in [2.24, 2.45) is 11.8 Å². The molecule has 0 N–H and O–H groups in total. The largest absolute Gasteiger partial charge is 0.459 e. The third kappa shape index (κ3) is 3.20. The molecule has 3 aliphatic rings. The number of rotatable bonds is 6. The van der Waals surface area contributed by atoms with E-state index in [0.29, 0.717) is 16.7 Å². The van der Waals surface area contributed by atoms with Gasteiger partial charge in [-0.15, -0.1) is 0 Å². The van der Waals surface area contributed by atoms with Crippen molar-refractivity contribution in [2.45, 2.75) is 11.7 Å². The molecule has 4 atom stereocenters. The molecule has 32 heavy (non-hydrogen) atoms. The average Bonchev–Trinajstić information content (AvgIpc) is 3.45. The van der Waals surface area contributed by atoms with E-state index in [1.165, 1.54) is 0 Å². The number of fused-ring (bicyclic) bond motifs is 5. The molecule has 2 bridgehead atoms. The van der Waals surface area contributed by atoms with E-state index in [1.807, 2.05) is 0 Å². The van der Waals surface area contributed by atoms with Crippen LogP contribution in [0, 0.1) is 11.8 Å². The highest BCUT2D eigenvalue weighted by molar-refractivity contribution is 5.99. The first-order chi connectivity index (χ1) is 15.5. The minimum Gasteiger partial charge on any atom is -0.459 e. The Hall–Kier alpha value is -3.78. The molecule has 2 saturated heterocycles. The Bertz CT molecular complexity index is 1120. The van der Waals surface area contributed by atoms with Gasteiger partial charge in [-0.05, 0) is 30.3 Å². The average molecular weight is 434 g/mol. The zero-order valence-corrected chi connectivity index (χ0v) is 16.8. The molecular weight excluding hydrogens is 416 g/mol. The zero-order chi connectivity index (χ0) is 22.3. The lowest BCUT2D eigenvalue weighted by Gasteiger charge is -2.31. The van der Waals surface area contributed by atoms with Crippen LogP contribution in [0.2, 0.25) is 0 Å². The SMILES string of the molecule is O=C(OCC1=CC2OC1(COC(=O)c1ccccc1)C1C(=O)OC(=O)C21)c1ccccc1. The molecule has 3 aliphatic heterocycles. The van der Waals surface area contributed by atoms with Crippen molar-refractivity contribution in [1.82, 2.24) is 0 Å². The van der Waals surface area contributed by atoms with Gasteiger partial charge >= 0.3 is 23.9 Å². The predicted octanol–water partition coefficient (Wildman–Crippen LogP) is 2.09. The van der Waals surface area contributed by atoms with Crippen LogP contribution in [-0.4, -0.2) is 48.8 Å². The lowest BCUT2D eigenvalue weighted by molar-refractivity contribution is -0.159. The number of carbonyl (C=O) groups is 4. The summed E-state index contributed by atoms with van der Waals surface area (Å²) in [6.45, 7) is -0.507. The van der Waals surface area contributed by atoms with Crippen LogP contribution >= 0.6 is 0 Å². The smallest absolute Gasteiger partial charge is 0.338 e. The van der Waals surface area contributed by atoms with Crippen molar-refractivity contribution < 1.29 is 38.1 Å². The van der Waals surface area contributed by atoms with Gasteiger partial charge in [0.25, 0.3) is 0 Å². The van der Waals surface area contributed by atoms with Crippen molar-refractivity contribution in [3.05, 3.63) is 83.4 Å². The van der Waals surface area contributed by atoms with E-state index in [9.17, 15) is 19.2 Å². The molecule has 2 aromatic carbocycles. The van der Waals surface area contributed by atoms with Crippen molar-refractivity contribution in [3.8, 4) is 0 Å². The second-order valence-corrected chi connectivity index (χ2v) is 7.79. The molecule has 3 heterocycles. The number of ether oxygens (including phenoxy) is 4. The molecule has 0 radical (unpaired) electrons. The maximum absolute atomic E-state index is 12.5. The summed E-state index contributed by atoms with van der Waals surface area (Å²) in [5.74, 6) is -4.34. The quantitative estimate of drug-likeness (QED) is 0.295. The fourth-order valence-electron chi connectivity index (χ4n) is 4.48. The summed E-state index contributed by atoms with van der Waals surface area (Å²) in [6.07, 6.45) is 0.926. The fraction of sp³-hybridized carbons (Fsp3) is 0.250. The Morgan fingerprint density at radius 2 is 1.44 bits per heavy atom. The first kappa shape index (κ1) is 20.1. The van der Waals surface area contributed by atoms with Gasteiger partial charge in [-0.2, -0.15) is 0 Å². The highest BCUT2D eigenvalue weighted by Crippen LogP contribution is 2.54. The summed E-state index contributed by atoms with van der Waals surface area (Å²) in [6, 6.07) is 16.8. The zero-order valence-electron chi connectivity index (χ0n) is 16.8. The van der Waals surface area contributed by atoms with E-state index in [1.54, 1.807) is 66.7 Å². The molecule has 4 unspecified atom stereocenters. The molecule has 0 amide bonds. The fourth-order valence-corrected chi connectivity index (χ4v) is 4.48. The first-order valence-corrected chi connectivity index (χ1v) is 10.1. The van der Waals surface area contributed by atoms with Gasteiger partial charge in [-0.25, -0.2) is 9.59 Å². The Morgan fingerprint density at radius 3 is 2.06 bits per heavy atom. The number of carbonyl (C=O) groups excluding carboxylic acids is 4. The molecular formula is C24H18O8. The van der Waals surface area contributed by atoms with Gasteiger partial charge in [0.15, 0.2) is 0 Å². The Morgan fingerprint density at radius 1 is 0.844 bits per heavy atom. The molecule has 8 heteroatoms. The van der Waals surface area contributed by atoms with E-state index in [-0.39, 0.29) is 13.2 Å². The Kier molecular flexibility index (Phi) is 4.86. The van der Waals surface area contributed by atoms with Crippen LogP contribution in [0.3, 0.4) is 0 Å². The molecule has 0 aliphatic carbocycles. The number of hydrogen-bond acceptors (Lipinski definition) is 8. The van der Waals surface area contributed by atoms with Gasteiger partial charge in [0.2, 0.25) is 0 Å². The van der Waals surface area contributed by atoms with Crippen molar-refractivity contribution >= 4 is 23.9 Å². The topological polar surface area (TPSA) is 105 Å². The van der Waals surface area contributed by atoms with E-state index in [2.05, 4.69) is 0 Å². The highest BCUT2D eigenvalue weighted by atomic mass is 16.6. The van der Waals surface area contributed by atoms with Crippen LogP contribution in [0.25, 0.3) is 0 Å². The number of esters is 4. The molecule has 2 fully saturated rings. The summed E-state index contributed by atoms with van der Waals surface area (Å²) in [5, 5.41) is 0. The van der Waals surface area contributed by atoms with Crippen molar-refractivity contribution in [3.63, 3.8) is 0 Å². The summed E-state index contributed by atoms with van der Waals surface area (Å²) in [4.78, 5) is 49.5. The highest BCUT2D eigenvalue weighted by Gasteiger charge is 2.70. The molecule has 8 nitrogen and oxygen atoms in total. The monoisotopic (exact) mass is 434 g/mol. The molecule has 2 aromatic rings. The summed E-state index contributed by atoms with van der Waals surface area (Å²) in [5.41, 5.74) is -0.269. The van der Waals surface area contributed by atoms with Crippen molar-refractivity contribution in [1.29, 1.82) is 0 Å². The lowest BCUT2D eigenvalue weighted by atomic mass is 9.73. The minimum atomic E-state index is -1.43. The van der Waals surface area contributed by atoms with Gasteiger partial charge in [0.05, 0.1) is 17.2 Å². The van der Waals surface area contributed by atoms with Gasteiger partial charge in [0.1, 0.15) is 30.7 Å². The standard InChI is InChI=1S/C24H18O8/c25-20(14-7-3-1-4-8-14)29-12-16-11-17-18-19(23(28)31-22(18)27)24(16,32-17)13-30-21(26)15-9-5-2-6-10-15/h1-11,17-19H,12-13H2. The lowest BCUT2D eigenvalue weighted by Crippen LogP contribution is -2.47. The summed E-state index contributed by atoms with van der Waals surface area (Å²) >= 11 is 0. The maximum atomic E-state index is 12.5. The summed E-state index contributed by atoms with van der Waals surface area (Å²) < 4.78 is 21.8. The van der Waals surface area contributed by atoms with E-state index in [4.69, 9.17) is 18.9 Å². The number of benzene rings is 2. The van der Waals surface area contributed by atoms with Crippen LogP contribution in [0.15, 0.2) is 72.3 Å². The molecule has 0 aromatic heterocycles.